The molecule has 0 saturated carbocycles. The Labute approximate surface area is 192 Å². The van der Waals surface area contributed by atoms with E-state index in [-0.39, 0.29) is 17.3 Å². The molecule has 0 bridgehead atoms. The topological polar surface area (TPSA) is 135 Å². The maximum atomic E-state index is 13.2. The van der Waals surface area contributed by atoms with Crippen molar-refractivity contribution < 1.29 is 9.59 Å². The highest BCUT2D eigenvalue weighted by molar-refractivity contribution is 7.20. The predicted octanol–water partition coefficient (Wildman–Crippen LogP) is 2.82. The molecular formula is C22H19N7O3S. The van der Waals surface area contributed by atoms with E-state index in [0.29, 0.717) is 26.3 Å². The summed E-state index contributed by atoms with van der Waals surface area (Å²) in [5.41, 5.74) is 0.922. The van der Waals surface area contributed by atoms with E-state index in [4.69, 9.17) is 0 Å². The number of fused-ring (bicyclic) bond motifs is 1. The SMILES string of the molecule is Cc1c(C(=O)Nc2ccccc2)sc2ncn(C(C)C(=O)Nc3c(C#N)cnn3C)c(=O)c12. The number of carbonyl (C=O) groups excluding carboxylic acids is 2. The number of rotatable bonds is 5. The standard InChI is InChI=1S/C22H19N7O3S/c1-12-16-21(33-17(12)20(31)26-15-7-5-4-6-8-15)24-11-29(22(16)32)13(2)19(30)27-18-14(9-23)10-25-28(18)3/h4-8,10-11,13H,1-3H3,(H,26,31)(H,27,30). The molecule has 4 rings (SSSR count). The number of aryl methyl sites for hydroxylation is 2. The van der Waals surface area contributed by atoms with Gasteiger partial charge in [0.15, 0.2) is 0 Å². The molecule has 1 aromatic carbocycles. The summed E-state index contributed by atoms with van der Waals surface area (Å²) >= 11 is 1.12. The molecule has 0 aliphatic carbocycles. The van der Waals surface area contributed by atoms with E-state index in [1.54, 1.807) is 33.0 Å². The van der Waals surface area contributed by atoms with Gasteiger partial charge in [-0.3, -0.25) is 23.6 Å². The van der Waals surface area contributed by atoms with Gasteiger partial charge in [-0.2, -0.15) is 10.4 Å². The molecular weight excluding hydrogens is 442 g/mol. The van der Waals surface area contributed by atoms with Gasteiger partial charge in [0.05, 0.1) is 22.8 Å². The van der Waals surface area contributed by atoms with Gasteiger partial charge in [-0.15, -0.1) is 11.3 Å². The zero-order chi connectivity index (χ0) is 23.7. The fourth-order valence-electron chi connectivity index (χ4n) is 3.35. The molecule has 33 heavy (non-hydrogen) atoms. The lowest BCUT2D eigenvalue weighted by Gasteiger charge is -2.15. The summed E-state index contributed by atoms with van der Waals surface area (Å²) in [6.07, 6.45) is 2.63. The largest absolute Gasteiger partial charge is 0.321 e. The minimum atomic E-state index is -0.920. The van der Waals surface area contributed by atoms with Gasteiger partial charge in [0.1, 0.15) is 28.3 Å². The van der Waals surface area contributed by atoms with Crippen LogP contribution >= 0.6 is 11.3 Å². The number of hydrogen-bond acceptors (Lipinski definition) is 7. The number of nitriles is 1. The van der Waals surface area contributed by atoms with E-state index >= 15 is 0 Å². The smallest absolute Gasteiger partial charge is 0.266 e. The van der Waals surface area contributed by atoms with Gasteiger partial charge in [0.25, 0.3) is 11.5 Å². The number of para-hydroxylation sites is 1. The van der Waals surface area contributed by atoms with E-state index in [2.05, 4.69) is 20.7 Å². The van der Waals surface area contributed by atoms with Crippen LogP contribution in [0, 0.1) is 18.3 Å². The van der Waals surface area contributed by atoms with Crippen LogP contribution in [0.1, 0.15) is 33.8 Å². The molecule has 166 valence electrons. The van der Waals surface area contributed by atoms with Crippen molar-refractivity contribution >= 4 is 44.9 Å². The van der Waals surface area contributed by atoms with Crippen molar-refractivity contribution in [3.63, 3.8) is 0 Å². The van der Waals surface area contributed by atoms with Crippen LogP contribution < -0.4 is 16.2 Å². The molecule has 0 radical (unpaired) electrons. The summed E-state index contributed by atoms with van der Waals surface area (Å²) in [6, 6.07) is 10.0. The van der Waals surface area contributed by atoms with Crippen LogP contribution in [0.25, 0.3) is 10.2 Å². The van der Waals surface area contributed by atoms with Crippen LogP contribution in [0.4, 0.5) is 11.5 Å². The molecule has 1 atom stereocenters. The number of thiophene rings is 1. The van der Waals surface area contributed by atoms with Gasteiger partial charge in [0, 0.05) is 12.7 Å². The molecule has 0 aliphatic rings. The first-order valence-electron chi connectivity index (χ1n) is 9.91. The molecule has 0 aliphatic heterocycles. The molecule has 0 fully saturated rings. The Morgan fingerprint density at radius 3 is 2.64 bits per heavy atom. The van der Waals surface area contributed by atoms with Crippen molar-refractivity contribution in [3.8, 4) is 6.07 Å². The second-order valence-corrected chi connectivity index (χ2v) is 8.32. The third-order valence-electron chi connectivity index (χ3n) is 5.21. The fourth-order valence-corrected chi connectivity index (χ4v) is 4.39. The fraction of sp³-hybridized carbons (Fsp3) is 0.182. The normalized spacial score (nSPS) is 11.7. The highest BCUT2D eigenvalue weighted by Crippen LogP contribution is 2.28. The molecule has 0 saturated heterocycles. The van der Waals surface area contributed by atoms with E-state index < -0.39 is 17.5 Å². The maximum absolute atomic E-state index is 13.2. The number of anilines is 2. The van der Waals surface area contributed by atoms with Crippen molar-refractivity contribution in [2.75, 3.05) is 10.6 Å². The Morgan fingerprint density at radius 2 is 1.94 bits per heavy atom. The van der Waals surface area contributed by atoms with Crippen LogP contribution in [0.3, 0.4) is 0 Å². The van der Waals surface area contributed by atoms with Gasteiger partial charge in [-0.1, -0.05) is 18.2 Å². The van der Waals surface area contributed by atoms with Gasteiger partial charge in [0.2, 0.25) is 5.91 Å². The van der Waals surface area contributed by atoms with E-state index in [9.17, 15) is 19.6 Å². The predicted molar refractivity (Wildman–Crippen MR) is 124 cm³/mol. The summed E-state index contributed by atoms with van der Waals surface area (Å²) in [4.78, 5) is 43.9. The number of benzene rings is 1. The van der Waals surface area contributed by atoms with Crippen molar-refractivity contribution in [1.82, 2.24) is 19.3 Å². The molecule has 3 aromatic heterocycles. The molecule has 2 N–H and O–H groups in total. The summed E-state index contributed by atoms with van der Waals surface area (Å²) in [6.45, 7) is 3.24. The second-order valence-electron chi connectivity index (χ2n) is 7.32. The third kappa shape index (κ3) is 3.99. The lowest BCUT2D eigenvalue weighted by molar-refractivity contribution is -0.118. The van der Waals surface area contributed by atoms with E-state index in [1.807, 2.05) is 24.3 Å². The second kappa shape index (κ2) is 8.68. The first-order valence-corrected chi connectivity index (χ1v) is 10.7. The lowest BCUT2D eigenvalue weighted by Crippen LogP contribution is -2.32. The maximum Gasteiger partial charge on any atom is 0.266 e. The van der Waals surface area contributed by atoms with Gasteiger partial charge < -0.3 is 10.6 Å². The Hall–Kier alpha value is -4.30. The summed E-state index contributed by atoms with van der Waals surface area (Å²) in [5.74, 6) is -0.602. The minimum Gasteiger partial charge on any atom is -0.321 e. The quantitative estimate of drug-likeness (QED) is 0.469. The van der Waals surface area contributed by atoms with Crippen LogP contribution in [-0.2, 0) is 11.8 Å². The zero-order valence-corrected chi connectivity index (χ0v) is 18.8. The third-order valence-corrected chi connectivity index (χ3v) is 6.41. The molecule has 3 heterocycles. The van der Waals surface area contributed by atoms with Crippen molar-refractivity contribution in [1.29, 1.82) is 5.26 Å². The monoisotopic (exact) mass is 461 g/mol. The zero-order valence-electron chi connectivity index (χ0n) is 18.0. The van der Waals surface area contributed by atoms with Crippen LogP contribution in [-0.4, -0.2) is 31.1 Å². The Kier molecular flexibility index (Phi) is 5.76. The highest BCUT2D eigenvalue weighted by Gasteiger charge is 2.24. The molecule has 4 aromatic rings. The number of carbonyl (C=O) groups is 2. The molecule has 1 unspecified atom stereocenters. The van der Waals surface area contributed by atoms with Crippen molar-refractivity contribution in [3.05, 3.63) is 69.2 Å². The van der Waals surface area contributed by atoms with Crippen molar-refractivity contribution in [2.24, 2.45) is 7.05 Å². The lowest BCUT2D eigenvalue weighted by atomic mass is 10.2. The minimum absolute atomic E-state index is 0.210. The number of aromatic nitrogens is 4. The van der Waals surface area contributed by atoms with Crippen molar-refractivity contribution in [2.45, 2.75) is 19.9 Å². The Bertz CT molecular complexity index is 1480. The van der Waals surface area contributed by atoms with Crippen LogP contribution in [0.15, 0.2) is 47.7 Å². The Balaban J connectivity index is 1.65. The summed E-state index contributed by atoms with van der Waals surface area (Å²) in [7, 11) is 1.59. The molecule has 2 amide bonds. The summed E-state index contributed by atoms with van der Waals surface area (Å²) in [5, 5.41) is 18.9. The molecule has 11 heteroatoms. The van der Waals surface area contributed by atoms with E-state index in [1.165, 1.54) is 21.8 Å². The number of nitrogens with zero attached hydrogens (tertiary/aromatic N) is 5. The molecule has 0 spiro atoms. The number of amides is 2. The average Bonchev–Trinajstić information content (AvgIpc) is 3.34. The van der Waals surface area contributed by atoms with E-state index in [0.717, 1.165) is 11.3 Å². The Morgan fingerprint density at radius 1 is 1.21 bits per heavy atom. The first-order chi connectivity index (χ1) is 15.8. The number of hydrogen-bond donors (Lipinski definition) is 2. The molecule has 10 nitrogen and oxygen atoms in total. The first kappa shape index (κ1) is 21.9. The van der Waals surface area contributed by atoms with Crippen LogP contribution in [0.2, 0.25) is 0 Å². The van der Waals surface area contributed by atoms with Crippen LogP contribution in [0.5, 0.6) is 0 Å². The van der Waals surface area contributed by atoms with Gasteiger partial charge >= 0.3 is 0 Å². The van der Waals surface area contributed by atoms with Gasteiger partial charge in [-0.25, -0.2) is 4.98 Å². The number of nitrogens with one attached hydrogen (secondary N) is 2. The highest BCUT2D eigenvalue weighted by atomic mass is 32.1. The van der Waals surface area contributed by atoms with Gasteiger partial charge in [-0.05, 0) is 31.5 Å². The summed E-state index contributed by atoms with van der Waals surface area (Å²) < 4.78 is 2.58. The average molecular weight is 462 g/mol.